The number of halogens is 2. The largest absolute Gasteiger partial charge is 0.465 e. The number of nitrogens with zero attached hydrogens (tertiary/aromatic N) is 1. The van der Waals surface area contributed by atoms with E-state index in [0.717, 1.165) is 5.56 Å². The molecule has 0 bridgehead atoms. The Morgan fingerprint density at radius 1 is 1.07 bits per heavy atom. The lowest BCUT2D eigenvalue weighted by atomic mass is 9.95. The molecule has 28 heavy (non-hydrogen) atoms. The van der Waals surface area contributed by atoms with Gasteiger partial charge in [0, 0.05) is 32.3 Å². The number of esters is 1. The summed E-state index contributed by atoms with van der Waals surface area (Å²) in [6.45, 7) is 0.190. The highest BCUT2D eigenvalue weighted by Crippen LogP contribution is 2.35. The zero-order valence-corrected chi connectivity index (χ0v) is 16.2. The monoisotopic (exact) mass is 413 g/mol. The number of hydrogen-bond donors (Lipinski definition) is 0. The van der Waals surface area contributed by atoms with Crippen molar-refractivity contribution < 1.29 is 13.9 Å². The summed E-state index contributed by atoms with van der Waals surface area (Å²) >= 11 is 12.6. The summed E-state index contributed by atoms with van der Waals surface area (Å²) in [6.07, 6.45) is 0. The van der Waals surface area contributed by atoms with Gasteiger partial charge in [0.05, 0.1) is 19.4 Å². The molecule has 0 aliphatic carbocycles. The summed E-state index contributed by atoms with van der Waals surface area (Å²) in [4.78, 5) is 28.9. The summed E-state index contributed by atoms with van der Waals surface area (Å²) in [5.41, 5.74) is 2.33. The smallest absolute Gasteiger partial charge is 0.351 e. The van der Waals surface area contributed by atoms with Crippen molar-refractivity contribution in [2.75, 3.05) is 7.11 Å². The van der Waals surface area contributed by atoms with Gasteiger partial charge in [0.25, 0.3) is 0 Å². The maximum absolute atomic E-state index is 12.3. The third-order valence-corrected chi connectivity index (χ3v) is 5.01. The van der Waals surface area contributed by atoms with E-state index in [1.54, 1.807) is 24.3 Å². The molecular weight excluding hydrogens is 401 g/mol. The van der Waals surface area contributed by atoms with Crippen LogP contribution in [0.3, 0.4) is 0 Å². The van der Waals surface area contributed by atoms with Gasteiger partial charge in [0.2, 0.25) is 0 Å². The molecule has 0 amide bonds. The minimum Gasteiger partial charge on any atom is -0.465 e. The standard InChI is InChI=1S/C21H13Cl2NO4/c1-27-20(25)16-8-11-10-24-18(14-4-2-3-5-17(14)23)15-9-12(22)6-7-13(15)19(11)28-21(16)26/h2-9H,10H2,1H3. The first-order chi connectivity index (χ1) is 13.5. The lowest BCUT2D eigenvalue weighted by Gasteiger charge is -2.12. The van der Waals surface area contributed by atoms with Gasteiger partial charge in [-0.25, -0.2) is 9.59 Å². The fraction of sp³-hybridized carbons (Fsp3) is 0.0952. The van der Waals surface area contributed by atoms with Crippen LogP contribution in [0, 0.1) is 0 Å². The maximum atomic E-state index is 12.3. The molecule has 5 nitrogen and oxygen atoms in total. The van der Waals surface area contributed by atoms with E-state index in [2.05, 4.69) is 4.74 Å². The van der Waals surface area contributed by atoms with E-state index in [4.69, 9.17) is 32.6 Å². The number of ether oxygens (including phenoxy) is 1. The highest BCUT2D eigenvalue weighted by Gasteiger charge is 2.25. The van der Waals surface area contributed by atoms with Crippen molar-refractivity contribution in [2.24, 2.45) is 4.99 Å². The predicted molar refractivity (Wildman–Crippen MR) is 108 cm³/mol. The molecular formula is C21H13Cl2NO4. The van der Waals surface area contributed by atoms with Gasteiger partial charge in [-0.1, -0.05) is 41.4 Å². The normalized spacial score (nSPS) is 12.5. The van der Waals surface area contributed by atoms with Gasteiger partial charge in [0.1, 0.15) is 11.3 Å². The number of fused-ring (bicyclic) bond motifs is 3. The zero-order valence-electron chi connectivity index (χ0n) is 14.7. The molecule has 7 heteroatoms. The van der Waals surface area contributed by atoms with Gasteiger partial charge in [-0.05, 0) is 30.3 Å². The first kappa shape index (κ1) is 18.5. The lowest BCUT2D eigenvalue weighted by molar-refractivity contribution is 0.0595. The van der Waals surface area contributed by atoms with Crippen molar-refractivity contribution in [1.29, 1.82) is 0 Å². The first-order valence-electron chi connectivity index (χ1n) is 8.34. The predicted octanol–water partition coefficient (Wildman–Crippen LogP) is 4.75. The number of carbonyl (C=O) groups is 1. The summed E-state index contributed by atoms with van der Waals surface area (Å²) < 4.78 is 10.2. The van der Waals surface area contributed by atoms with Crippen LogP contribution in [0.1, 0.15) is 27.0 Å². The molecule has 1 aliphatic heterocycles. The van der Waals surface area contributed by atoms with Crippen molar-refractivity contribution in [3.63, 3.8) is 0 Å². The van der Waals surface area contributed by atoms with Crippen LogP contribution < -0.4 is 5.63 Å². The summed E-state index contributed by atoms with van der Waals surface area (Å²) in [6, 6.07) is 14.0. The van der Waals surface area contributed by atoms with Gasteiger partial charge >= 0.3 is 11.6 Å². The van der Waals surface area contributed by atoms with E-state index in [9.17, 15) is 9.59 Å². The Kier molecular flexibility index (Phi) is 4.79. The average molecular weight is 414 g/mol. The van der Waals surface area contributed by atoms with Crippen molar-refractivity contribution in [1.82, 2.24) is 0 Å². The van der Waals surface area contributed by atoms with E-state index < -0.39 is 11.6 Å². The number of rotatable bonds is 2. The Bertz CT molecular complexity index is 1200. The maximum Gasteiger partial charge on any atom is 0.351 e. The minimum absolute atomic E-state index is 0.173. The van der Waals surface area contributed by atoms with Gasteiger partial charge in [-0.2, -0.15) is 0 Å². The van der Waals surface area contributed by atoms with Gasteiger partial charge in [-0.15, -0.1) is 0 Å². The average Bonchev–Trinajstić information content (AvgIpc) is 2.83. The van der Waals surface area contributed by atoms with Crippen molar-refractivity contribution in [2.45, 2.75) is 6.54 Å². The first-order valence-corrected chi connectivity index (χ1v) is 9.10. The van der Waals surface area contributed by atoms with Crippen LogP contribution in [0.2, 0.25) is 10.0 Å². The van der Waals surface area contributed by atoms with E-state index in [0.29, 0.717) is 38.2 Å². The molecule has 1 aromatic heterocycles. The van der Waals surface area contributed by atoms with Crippen LogP contribution in [-0.4, -0.2) is 18.8 Å². The third-order valence-electron chi connectivity index (χ3n) is 4.45. The van der Waals surface area contributed by atoms with Crippen LogP contribution in [0.4, 0.5) is 0 Å². The number of aliphatic imine (C=N–C) groups is 1. The Hall–Kier alpha value is -2.89. The third kappa shape index (κ3) is 3.13. The highest BCUT2D eigenvalue weighted by atomic mass is 35.5. The van der Waals surface area contributed by atoms with Crippen LogP contribution in [0.5, 0.6) is 0 Å². The molecule has 0 atom stereocenters. The van der Waals surface area contributed by atoms with Gasteiger partial charge in [-0.3, -0.25) is 4.99 Å². The molecule has 140 valence electrons. The van der Waals surface area contributed by atoms with Gasteiger partial charge < -0.3 is 9.15 Å². The van der Waals surface area contributed by atoms with Crippen LogP contribution in [0.15, 0.2) is 62.7 Å². The van der Waals surface area contributed by atoms with Gasteiger partial charge in [0.15, 0.2) is 0 Å². The fourth-order valence-electron chi connectivity index (χ4n) is 3.15. The Morgan fingerprint density at radius 3 is 2.61 bits per heavy atom. The molecule has 0 spiro atoms. The van der Waals surface area contributed by atoms with Crippen molar-refractivity contribution >= 4 is 34.9 Å². The Labute approximate surface area is 170 Å². The summed E-state index contributed by atoms with van der Waals surface area (Å²) in [7, 11) is 1.21. The molecule has 0 N–H and O–H groups in total. The van der Waals surface area contributed by atoms with Crippen LogP contribution in [-0.2, 0) is 11.3 Å². The highest BCUT2D eigenvalue weighted by molar-refractivity contribution is 6.36. The Morgan fingerprint density at radius 2 is 1.86 bits per heavy atom. The van der Waals surface area contributed by atoms with Crippen LogP contribution in [0.25, 0.3) is 11.3 Å². The molecule has 1 aliphatic rings. The lowest BCUT2D eigenvalue weighted by Crippen LogP contribution is -2.16. The van der Waals surface area contributed by atoms with Crippen LogP contribution >= 0.6 is 23.2 Å². The quantitative estimate of drug-likeness (QED) is 0.568. The fourth-order valence-corrected chi connectivity index (χ4v) is 3.55. The molecule has 0 fully saturated rings. The molecule has 4 rings (SSSR count). The number of hydrogen-bond acceptors (Lipinski definition) is 5. The second kappa shape index (κ2) is 7.26. The molecule has 0 saturated heterocycles. The Balaban J connectivity index is 2.00. The molecule has 2 aromatic carbocycles. The number of benzene rings is 2. The molecule has 2 heterocycles. The zero-order chi connectivity index (χ0) is 19.8. The molecule has 3 aromatic rings. The second-order valence-corrected chi connectivity index (χ2v) is 6.97. The topological polar surface area (TPSA) is 68.9 Å². The molecule has 0 saturated carbocycles. The SMILES string of the molecule is COC(=O)c1cc2c(oc1=O)-c1ccc(Cl)cc1C(c1ccccc1Cl)=NC2. The van der Waals surface area contributed by atoms with E-state index in [-0.39, 0.29) is 12.1 Å². The molecule has 0 unspecified atom stereocenters. The molecule has 0 radical (unpaired) electrons. The number of methoxy groups -OCH3 is 1. The second-order valence-electron chi connectivity index (χ2n) is 6.13. The van der Waals surface area contributed by atoms with Crippen molar-refractivity contribution in [3.05, 3.63) is 91.3 Å². The van der Waals surface area contributed by atoms with E-state index in [1.165, 1.54) is 13.2 Å². The summed E-state index contributed by atoms with van der Waals surface area (Å²) in [5.74, 6) is -0.414. The summed E-state index contributed by atoms with van der Waals surface area (Å²) in [5, 5.41) is 1.05. The minimum atomic E-state index is -0.771. The van der Waals surface area contributed by atoms with Crippen molar-refractivity contribution in [3.8, 4) is 11.3 Å². The number of carbonyl (C=O) groups excluding carboxylic acids is 1. The van der Waals surface area contributed by atoms with E-state index >= 15 is 0 Å². The van der Waals surface area contributed by atoms with E-state index in [1.807, 2.05) is 18.2 Å².